The van der Waals surface area contributed by atoms with E-state index in [1.165, 1.54) is 19.3 Å². The van der Waals surface area contributed by atoms with Crippen molar-refractivity contribution < 1.29 is 9.15 Å². The molecule has 1 aliphatic heterocycles. The van der Waals surface area contributed by atoms with Crippen LogP contribution in [-0.4, -0.2) is 50.8 Å². The van der Waals surface area contributed by atoms with Crippen LogP contribution in [0.3, 0.4) is 0 Å². The first kappa shape index (κ1) is 15.9. The van der Waals surface area contributed by atoms with Crippen molar-refractivity contribution in [2.75, 3.05) is 39.9 Å². The lowest BCUT2D eigenvalue weighted by atomic mass is 10.1. The molecule has 0 spiro atoms. The van der Waals surface area contributed by atoms with Gasteiger partial charge in [0.1, 0.15) is 5.76 Å². The minimum atomic E-state index is 0.170. The van der Waals surface area contributed by atoms with Crippen molar-refractivity contribution >= 4 is 5.96 Å². The number of hydrogen-bond donors (Lipinski definition) is 2. The number of rotatable bonds is 7. The number of piperidine rings is 1. The van der Waals surface area contributed by atoms with Gasteiger partial charge >= 0.3 is 0 Å². The monoisotopic (exact) mass is 294 g/mol. The van der Waals surface area contributed by atoms with E-state index < -0.39 is 0 Å². The number of nitrogens with one attached hydrogen (secondary N) is 1. The van der Waals surface area contributed by atoms with Gasteiger partial charge < -0.3 is 20.2 Å². The Balaban J connectivity index is 1.94. The number of methoxy groups -OCH3 is 1. The molecule has 2 rings (SSSR count). The molecule has 0 amide bonds. The molecule has 6 heteroatoms. The molecule has 0 radical (unpaired) electrons. The van der Waals surface area contributed by atoms with E-state index in [1.807, 2.05) is 12.1 Å². The van der Waals surface area contributed by atoms with Gasteiger partial charge in [-0.1, -0.05) is 6.42 Å². The third-order valence-electron chi connectivity index (χ3n) is 3.75. The van der Waals surface area contributed by atoms with E-state index in [0.717, 1.165) is 18.8 Å². The fourth-order valence-electron chi connectivity index (χ4n) is 2.62. The Morgan fingerprint density at radius 3 is 2.95 bits per heavy atom. The van der Waals surface area contributed by atoms with Gasteiger partial charge in [-0.15, -0.1) is 0 Å². The molecule has 0 saturated carbocycles. The summed E-state index contributed by atoms with van der Waals surface area (Å²) in [4.78, 5) is 6.89. The number of likely N-dealkylation sites (tertiary alicyclic amines) is 1. The average Bonchev–Trinajstić information content (AvgIpc) is 3.03. The van der Waals surface area contributed by atoms with Gasteiger partial charge in [0, 0.05) is 13.7 Å². The van der Waals surface area contributed by atoms with Crippen LogP contribution in [0, 0.1) is 0 Å². The lowest BCUT2D eigenvalue weighted by Crippen LogP contribution is -2.37. The molecule has 0 aliphatic carbocycles. The molecule has 1 aliphatic rings. The Hall–Kier alpha value is -1.53. The van der Waals surface area contributed by atoms with E-state index in [2.05, 4.69) is 15.2 Å². The molecule has 1 saturated heterocycles. The van der Waals surface area contributed by atoms with Crippen LogP contribution >= 0.6 is 0 Å². The van der Waals surface area contributed by atoms with E-state index in [4.69, 9.17) is 14.9 Å². The number of aliphatic imine (C=N–C) groups is 1. The zero-order chi connectivity index (χ0) is 14.9. The predicted molar refractivity (Wildman–Crippen MR) is 83.2 cm³/mol. The van der Waals surface area contributed by atoms with Gasteiger partial charge in [0.2, 0.25) is 0 Å². The first-order valence-corrected chi connectivity index (χ1v) is 7.61. The molecular weight excluding hydrogens is 268 g/mol. The van der Waals surface area contributed by atoms with Crippen molar-refractivity contribution in [3.05, 3.63) is 24.2 Å². The van der Waals surface area contributed by atoms with Crippen LogP contribution in [0.25, 0.3) is 0 Å². The van der Waals surface area contributed by atoms with Gasteiger partial charge in [0.25, 0.3) is 0 Å². The summed E-state index contributed by atoms with van der Waals surface area (Å²) in [5, 5.41) is 3.04. The van der Waals surface area contributed by atoms with E-state index in [1.54, 1.807) is 13.4 Å². The Morgan fingerprint density at radius 1 is 1.48 bits per heavy atom. The number of hydrogen-bond acceptors (Lipinski definition) is 4. The molecule has 0 aromatic carbocycles. The lowest BCUT2D eigenvalue weighted by molar-refractivity contribution is 0.150. The third kappa shape index (κ3) is 5.06. The Kier molecular flexibility index (Phi) is 6.56. The van der Waals surface area contributed by atoms with Crippen LogP contribution in [0.2, 0.25) is 0 Å². The third-order valence-corrected chi connectivity index (χ3v) is 3.75. The van der Waals surface area contributed by atoms with Crippen LogP contribution in [0.1, 0.15) is 31.1 Å². The highest BCUT2D eigenvalue weighted by Crippen LogP contribution is 2.25. The lowest BCUT2D eigenvalue weighted by Gasteiger charge is -2.32. The van der Waals surface area contributed by atoms with E-state index in [-0.39, 0.29) is 6.04 Å². The van der Waals surface area contributed by atoms with Crippen LogP contribution in [0.15, 0.2) is 27.8 Å². The molecule has 0 unspecified atom stereocenters. The van der Waals surface area contributed by atoms with Gasteiger partial charge in [-0.25, -0.2) is 0 Å². The number of guanidine groups is 1. The SMILES string of the molecule is COCCNC(N)=NC[C@@H](c1ccco1)N1CCCCC1. The summed E-state index contributed by atoms with van der Waals surface area (Å²) in [7, 11) is 1.66. The predicted octanol–water partition coefficient (Wildman–Crippen LogP) is 1.36. The smallest absolute Gasteiger partial charge is 0.188 e. The molecule has 6 nitrogen and oxygen atoms in total. The van der Waals surface area contributed by atoms with Crippen LogP contribution < -0.4 is 11.1 Å². The zero-order valence-corrected chi connectivity index (χ0v) is 12.8. The molecule has 118 valence electrons. The van der Waals surface area contributed by atoms with E-state index in [9.17, 15) is 0 Å². The summed E-state index contributed by atoms with van der Waals surface area (Å²) in [5.41, 5.74) is 5.88. The van der Waals surface area contributed by atoms with Crippen molar-refractivity contribution in [2.24, 2.45) is 10.7 Å². The summed E-state index contributed by atoms with van der Waals surface area (Å²) in [6.07, 6.45) is 5.51. The Morgan fingerprint density at radius 2 is 2.29 bits per heavy atom. The maximum Gasteiger partial charge on any atom is 0.188 e. The van der Waals surface area contributed by atoms with Crippen molar-refractivity contribution in [2.45, 2.75) is 25.3 Å². The number of ether oxygens (including phenoxy) is 1. The van der Waals surface area contributed by atoms with Crippen LogP contribution in [0.4, 0.5) is 0 Å². The van der Waals surface area contributed by atoms with Crippen molar-refractivity contribution in [1.29, 1.82) is 0 Å². The summed E-state index contributed by atoms with van der Waals surface area (Å²) < 4.78 is 10.6. The van der Waals surface area contributed by atoms with E-state index in [0.29, 0.717) is 25.7 Å². The van der Waals surface area contributed by atoms with E-state index >= 15 is 0 Å². The summed E-state index contributed by atoms with van der Waals surface area (Å²) in [6, 6.07) is 4.11. The highest BCUT2D eigenvalue weighted by Gasteiger charge is 2.24. The topological polar surface area (TPSA) is 76.0 Å². The molecule has 3 N–H and O–H groups in total. The maximum atomic E-state index is 5.88. The number of furan rings is 1. The summed E-state index contributed by atoms with van der Waals surface area (Å²) >= 11 is 0. The molecule has 1 fully saturated rings. The minimum absolute atomic E-state index is 0.170. The average molecular weight is 294 g/mol. The second kappa shape index (κ2) is 8.69. The zero-order valence-electron chi connectivity index (χ0n) is 12.8. The van der Waals surface area contributed by atoms with Crippen molar-refractivity contribution in [1.82, 2.24) is 10.2 Å². The van der Waals surface area contributed by atoms with Gasteiger partial charge in [0.05, 0.1) is 25.5 Å². The number of nitrogens with zero attached hydrogens (tertiary/aromatic N) is 2. The molecule has 0 bridgehead atoms. The van der Waals surface area contributed by atoms with Gasteiger partial charge in [-0.2, -0.15) is 0 Å². The number of nitrogens with two attached hydrogens (primary N) is 1. The van der Waals surface area contributed by atoms with Crippen LogP contribution in [0.5, 0.6) is 0 Å². The second-order valence-corrected chi connectivity index (χ2v) is 5.27. The van der Waals surface area contributed by atoms with Gasteiger partial charge in [0.15, 0.2) is 5.96 Å². The largest absolute Gasteiger partial charge is 0.468 e. The van der Waals surface area contributed by atoms with Crippen LogP contribution in [-0.2, 0) is 4.74 Å². The molecule has 2 heterocycles. The highest BCUT2D eigenvalue weighted by molar-refractivity contribution is 5.77. The minimum Gasteiger partial charge on any atom is -0.468 e. The highest BCUT2D eigenvalue weighted by atomic mass is 16.5. The maximum absolute atomic E-state index is 5.88. The Labute approximate surface area is 126 Å². The molecule has 1 atom stereocenters. The van der Waals surface area contributed by atoms with Crippen molar-refractivity contribution in [3.63, 3.8) is 0 Å². The standard InChI is InChI=1S/C15H26N4O2/c1-20-11-7-17-15(16)18-12-13(14-6-5-10-21-14)19-8-3-2-4-9-19/h5-6,10,13H,2-4,7-9,11-12H2,1H3,(H3,16,17,18)/t13-/m0/s1. The summed E-state index contributed by atoms with van der Waals surface area (Å²) in [5.74, 6) is 1.42. The van der Waals surface area contributed by atoms with Gasteiger partial charge in [-0.05, 0) is 38.1 Å². The summed E-state index contributed by atoms with van der Waals surface area (Å²) in [6.45, 7) is 4.08. The molecular formula is C15H26N4O2. The first-order valence-electron chi connectivity index (χ1n) is 7.61. The van der Waals surface area contributed by atoms with Gasteiger partial charge in [-0.3, -0.25) is 9.89 Å². The molecule has 1 aromatic rings. The van der Waals surface area contributed by atoms with Crippen molar-refractivity contribution in [3.8, 4) is 0 Å². The molecule has 21 heavy (non-hydrogen) atoms. The second-order valence-electron chi connectivity index (χ2n) is 5.27. The quantitative estimate of drug-likeness (QED) is 0.451. The first-order chi connectivity index (χ1) is 10.3. The Bertz CT molecular complexity index is 413. The fourth-order valence-corrected chi connectivity index (χ4v) is 2.62. The normalized spacial score (nSPS) is 18.6. The molecule has 1 aromatic heterocycles. The fraction of sp³-hybridized carbons (Fsp3) is 0.667.